The lowest BCUT2D eigenvalue weighted by molar-refractivity contribution is 0.174. The molecule has 0 bridgehead atoms. The Labute approximate surface area is 217 Å². The van der Waals surface area contributed by atoms with Crippen LogP contribution >= 0.6 is 0 Å². The maximum Gasteiger partial charge on any atom is 0.252 e. The number of pyridine rings is 1. The summed E-state index contributed by atoms with van der Waals surface area (Å²) in [5.41, 5.74) is 4.30. The van der Waals surface area contributed by atoms with E-state index in [0.29, 0.717) is 54.6 Å². The fraction of sp³-hybridized carbons (Fsp3) is 0.214. The van der Waals surface area contributed by atoms with Crippen LogP contribution in [0.2, 0.25) is 0 Å². The topological polar surface area (TPSA) is 98.2 Å². The molecular weight excluding hydrogens is 487 g/mol. The Morgan fingerprint density at radius 2 is 1.68 bits per heavy atom. The summed E-state index contributed by atoms with van der Waals surface area (Å²) < 4.78 is 26.0. The number of ether oxygens (including phenoxy) is 2. The predicted molar refractivity (Wildman–Crippen MR) is 138 cm³/mol. The molecule has 0 atom stereocenters. The Morgan fingerprint density at radius 3 is 2.47 bits per heavy atom. The van der Waals surface area contributed by atoms with Gasteiger partial charge in [-0.15, -0.1) is 5.10 Å². The average Bonchev–Trinajstić information content (AvgIpc) is 3.55. The van der Waals surface area contributed by atoms with E-state index in [1.54, 1.807) is 22.9 Å². The van der Waals surface area contributed by atoms with Crippen molar-refractivity contribution in [2.24, 2.45) is 0 Å². The molecule has 9 nitrogen and oxygen atoms in total. The molecule has 192 valence electrons. The van der Waals surface area contributed by atoms with Crippen molar-refractivity contribution in [3.63, 3.8) is 0 Å². The maximum atomic E-state index is 13.4. The number of H-pyrrole nitrogens is 1. The summed E-state index contributed by atoms with van der Waals surface area (Å²) in [4.78, 5) is 18.2. The number of aryl methyl sites for hydroxylation is 1. The molecule has 0 radical (unpaired) electrons. The lowest BCUT2D eigenvalue weighted by Crippen LogP contribution is -2.28. The fourth-order valence-corrected chi connectivity index (χ4v) is 4.54. The van der Waals surface area contributed by atoms with Crippen molar-refractivity contribution < 1.29 is 13.9 Å². The minimum Gasteiger partial charge on any atom is -0.454 e. The maximum absolute atomic E-state index is 13.4. The molecule has 2 aromatic heterocycles. The average molecular weight is 513 g/mol. The van der Waals surface area contributed by atoms with Crippen molar-refractivity contribution in [1.82, 2.24) is 30.1 Å². The van der Waals surface area contributed by atoms with Crippen LogP contribution in [0.4, 0.5) is 4.39 Å². The molecule has 0 unspecified atom stereocenters. The monoisotopic (exact) mass is 512 g/mol. The number of halogens is 1. The van der Waals surface area contributed by atoms with Crippen LogP contribution in [0, 0.1) is 12.7 Å². The second kappa shape index (κ2) is 10.1. The van der Waals surface area contributed by atoms with Gasteiger partial charge < -0.3 is 14.5 Å². The fourth-order valence-electron chi connectivity index (χ4n) is 4.54. The summed E-state index contributed by atoms with van der Waals surface area (Å²) in [5.74, 6) is 1.63. The summed E-state index contributed by atoms with van der Waals surface area (Å²) in [6.07, 6.45) is 0. The molecule has 1 aliphatic heterocycles. The Hall–Kier alpha value is -4.57. The van der Waals surface area contributed by atoms with Crippen LogP contribution in [0.15, 0.2) is 71.5 Å². The summed E-state index contributed by atoms with van der Waals surface area (Å²) in [7, 11) is 0. The van der Waals surface area contributed by atoms with Gasteiger partial charge in [-0.3, -0.25) is 9.69 Å². The normalized spacial score (nSPS) is 12.5. The van der Waals surface area contributed by atoms with Crippen LogP contribution in [0.3, 0.4) is 0 Å². The van der Waals surface area contributed by atoms with Gasteiger partial charge in [-0.2, -0.15) is 0 Å². The van der Waals surface area contributed by atoms with Gasteiger partial charge >= 0.3 is 0 Å². The van der Waals surface area contributed by atoms with E-state index in [2.05, 4.69) is 49.7 Å². The van der Waals surface area contributed by atoms with Crippen LogP contribution in [0.25, 0.3) is 10.9 Å². The van der Waals surface area contributed by atoms with E-state index in [1.165, 1.54) is 17.7 Å². The minimum atomic E-state index is -0.292. The lowest BCUT2D eigenvalue weighted by Gasteiger charge is -2.22. The minimum absolute atomic E-state index is 0.166. The third kappa shape index (κ3) is 5.12. The van der Waals surface area contributed by atoms with Crippen molar-refractivity contribution in [1.29, 1.82) is 0 Å². The molecule has 3 heterocycles. The zero-order chi connectivity index (χ0) is 26.1. The molecule has 1 N–H and O–H groups in total. The number of rotatable bonds is 8. The summed E-state index contributed by atoms with van der Waals surface area (Å²) in [5, 5.41) is 13.1. The first-order valence-corrected chi connectivity index (χ1v) is 12.2. The molecule has 1 aliphatic rings. The number of nitrogens with one attached hydrogen (secondary N) is 1. The molecule has 10 heteroatoms. The predicted octanol–water partition coefficient (Wildman–Crippen LogP) is 3.94. The molecule has 0 fully saturated rings. The molecule has 0 saturated carbocycles. The lowest BCUT2D eigenvalue weighted by atomic mass is 10.1. The zero-order valence-corrected chi connectivity index (χ0v) is 20.7. The highest BCUT2D eigenvalue weighted by atomic mass is 19.1. The molecule has 0 saturated heterocycles. The third-order valence-electron chi connectivity index (χ3n) is 6.55. The zero-order valence-electron chi connectivity index (χ0n) is 20.7. The molecule has 6 rings (SSSR count). The van der Waals surface area contributed by atoms with Gasteiger partial charge in [-0.1, -0.05) is 42.0 Å². The smallest absolute Gasteiger partial charge is 0.252 e. The highest BCUT2D eigenvalue weighted by molar-refractivity contribution is 5.83. The van der Waals surface area contributed by atoms with E-state index in [0.717, 1.165) is 16.5 Å². The Balaban J connectivity index is 1.30. The molecule has 38 heavy (non-hydrogen) atoms. The second-order valence-electron chi connectivity index (χ2n) is 9.43. The number of tetrazole rings is 1. The first kappa shape index (κ1) is 23.8. The standard InChI is InChI=1S/C28H25FN6O3/c1-18-2-4-19(5-3-18)13-34(16-27-31-32-33-35(27)14-20-6-8-23(29)9-7-20)15-22-10-21-11-25-26(38-17-37-25)12-24(21)30-28(22)36/h2-12H,13-17H2,1H3,(H,30,36). The van der Waals surface area contributed by atoms with Crippen molar-refractivity contribution in [3.05, 3.63) is 111 Å². The van der Waals surface area contributed by atoms with Gasteiger partial charge in [-0.05, 0) is 52.7 Å². The number of benzene rings is 3. The highest BCUT2D eigenvalue weighted by Crippen LogP contribution is 2.35. The van der Waals surface area contributed by atoms with E-state index >= 15 is 0 Å². The summed E-state index contributed by atoms with van der Waals surface area (Å²) in [6, 6.07) is 20.1. The van der Waals surface area contributed by atoms with Gasteiger partial charge in [0, 0.05) is 30.1 Å². The van der Waals surface area contributed by atoms with Crippen molar-refractivity contribution in [2.45, 2.75) is 33.1 Å². The molecular formula is C28H25FN6O3. The molecule has 5 aromatic rings. The number of aromatic amines is 1. The van der Waals surface area contributed by atoms with E-state index in [-0.39, 0.29) is 18.2 Å². The number of fused-ring (bicyclic) bond motifs is 2. The van der Waals surface area contributed by atoms with Gasteiger partial charge in [0.15, 0.2) is 17.3 Å². The van der Waals surface area contributed by atoms with Gasteiger partial charge in [0.2, 0.25) is 6.79 Å². The van der Waals surface area contributed by atoms with Gasteiger partial charge in [0.25, 0.3) is 5.56 Å². The Kier molecular flexibility index (Phi) is 6.30. The number of hydrogen-bond donors (Lipinski definition) is 1. The summed E-state index contributed by atoms with van der Waals surface area (Å²) >= 11 is 0. The second-order valence-corrected chi connectivity index (χ2v) is 9.43. The Bertz CT molecular complexity index is 1650. The van der Waals surface area contributed by atoms with Gasteiger partial charge in [0.05, 0.1) is 18.6 Å². The van der Waals surface area contributed by atoms with Gasteiger partial charge in [-0.25, -0.2) is 9.07 Å². The number of nitrogens with zero attached hydrogens (tertiary/aromatic N) is 5. The highest BCUT2D eigenvalue weighted by Gasteiger charge is 2.18. The summed E-state index contributed by atoms with van der Waals surface area (Å²) in [6.45, 7) is 3.98. The molecule has 0 spiro atoms. The number of aromatic nitrogens is 5. The molecule has 3 aromatic carbocycles. The van der Waals surface area contributed by atoms with E-state index in [1.807, 2.05) is 19.1 Å². The van der Waals surface area contributed by atoms with E-state index < -0.39 is 0 Å². The number of hydrogen-bond acceptors (Lipinski definition) is 7. The van der Waals surface area contributed by atoms with Crippen LogP contribution in [0.5, 0.6) is 11.5 Å². The Morgan fingerprint density at radius 1 is 0.947 bits per heavy atom. The SMILES string of the molecule is Cc1ccc(CN(Cc2cc3cc4c(cc3[nH]c2=O)OCO4)Cc2nnnn2Cc2ccc(F)cc2)cc1. The molecule has 0 amide bonds. The quantitative estimate of drug-likeness (QED) is 0.336. The van der Waals surface area contributed by atoms with Crippen LogP contribution in [-0.2, 0) is 26.2 Å². The molecule has 0 aliphatic carbocycles. The first-order chi connectivity index (χ1) is 18.5. The van der Waals surface area contributed by atoms with Crippen molar-refractivity contribution >= 4 is 10.9 Å². The first-order valence-electron chi connectivity index (χ1n) is 12.2. The van der Waals surface area contributed by atoms with E-state index in [4.69, 9.17) is 9.47 Å². The third-order valence-corrected chi connectivity index (χ3v) is 6.55. The van der Waals surface area contributed by atoms with E-state index in [9.17, 15) is 9.18 Å². The van der Waals surface area contributed by atoms with Gasteiger partial charge in [0.1, 0.15) is 5.82 Å². The van der Waals surface area contributed by atoms with Crippen LogP contribution in [-0.4, -0.2) is 36.9 Å². The van der Waals surface area contributed by atoms with Crippen LogP contribution < -0.4 is 15.0 Å². The van der Waals surface area contributed by atoms with Crippen molar-refractivity contribution in [2.75, 3.05) is 6.79 Å². The van der Waals surface area contributed by atoms with Crippen LogP contribution in [0.1, 0.15) is 28.1 Å². The largest absolute Gasteiger partial charge is 0.454 e. The van der Waals surface area contributed by atoms with Crippen molar-refractivity contribution in [3.8, 4) is 11.5 Å².